The largest absolute Gasteiger partial charge is 0.370 e. The van der Waals surface area contributed by atoms with Crippen LogP contribution >= 0.6 is 0 Å². The zero-order valence-corrected chi connectivity index (χ0v) is 11.0. The van der Waals surface area contributed by atoms with Gasteiger partial charge in [-0.3, -0.25) is 4.79 Å². The molecule has 0 bridgehead atoms. The summed E-state index contributed by atoms with van der Waals surface area (Å²) in [5, 5.41) is 2.13. The molecular weight excluding hydrogens is 242 g/mol. The van der Waals surface area contributed by atoms with Gasteiger partial charge in [-0.25, -0.2) is 4.98 Å². The lowest BCUT2D eigenvalue weighted by Gasteiger charge is -2.34. The standard InChI is InChI=1S/C12H14B2N2O3/c1-18-11(19-2)9-7(6-17)5-8-10(16-9)15-4-3-12(8,13)14/h5-6,11H,3-4H2,1-2H3,(H,15,16). The van der Waals surface area contributed by atoms with Crippen molar-refractivity contribution in [2.75, 3.05) is 26.1 Å². The molecule has 0 spiro atoms. The number of carbonyl (C=O) groups is 1. The van der Waals surface area contributed by atoms with Crippen LogP contribution in [0.2, 0.25) is 0 Å². The average molecular weight is 256 g/mol. The third-order valence-electron chi connectivity index (χ3n) is 3.19. The minimum Gasteiger partial charge on any atom is -0.370 e. The van der Waals surface area contributed by atoms with E-state index in [1.165, 1.54) is 14.2 Å². The van der Waals surface area contributed by atoms with E-state index in [-0.39, 0.29) is 0 Å². The molecule has 0 amide bonds. The average Bonchev–Trinajstić information content (AvgIpc) is 2.39. The lowest BCUT2D eigenvalue weighted by molar-refractivity contribution is -0.108. The van der Waals surface area contributed by atoms with Gasteiger partial charge in [-0.1, -0.05) is 5.21 Å². The number of aromatic nitrogens is 1. The van der Waals surface area contributed by atoms with Gasteiger partial charge in [0.15, 0.2) is 6.29 Å². The molecule has 1 aromatic heterocycles. The maximum atomic E-state index is 11.2. The van der Waals surface area contributed by atoms with Crippen molar-refractivity contribution in [3.63, 3.8) is 0 Å². The van der Waals surface area contributed by atoms with Gasteiger partial charge in [-0.2, -0.15) is 0 Å². The quantitative estimate of drug-likeness (QED) is 0.482. The number of rotatable bonds is 4. The van der Waals surface area contributed by atoms with Gasteiger partial charge in [-0.15, -0.1) is 0 Å². The van der Waals surface area contributed by atoms with E-state index < -0.39 is 11.5 Å². The Labute approximate surface area is 114 Å². The molecule has 1 aromatic rings. The van der Waals surface area contributed by atoms with Gasteiger partial charge in [0.25, 0.3) is 0 Å². The van der Waals surface area contributed by atoms with Crippen molar-refractivity contribution in [2.24, 2.45) is 0 Å². The maximum Gasteiger partial charge on any atom is 0.201 e. The van der Waals surface area contributed by atoms with E-state index in [0.717, 1.165) is 0 Å². The predicted octanol–water partition coefficient (Wildman–Crippen LogP) is 0.491. The molecule has 0 saturated heterocycles. The molecule has 2 rings (SSSR count). The van der Waals surface area contributed by atoms with E-state index in [1.54, 1.807) is 6.07 Å². The highest BCUT2D eigenvalue weighted by molar-refractivity contribution is 6.40. The molecule has 96 valence electrons. The number of ether oxygens (including phenoxy) is 2. The van der Waals surface area contributed by atoms with Crippen LogP contribution in [0.4, 0.5) is 5.82 Å². The first-order valence-electron chi connectivity index (χ1n) is 5.91. The van der Waals surface area contributed by atoms with E-state index in [2.05, 4.69) is 10.3 Å². The van der Waals surface area contributed by atoms with Gasteiger partial charge in [-0.05, 0) is 18.1 Å². The summed E-state index contributed by atoms with van der Waals surface area (Å²) in [7, 11) is 15.0. The van der Waals surface area contributed by atoms with Crippen LogP contribution in [0.5, 0.6) is 0 Å². The molecule has 1 aliphatic heterocycles. The summed E-state index contributed by atoms with van der Waals surface area (Å²) in [5.74, 6) is 0.566. The van der Waals surface area contributed by atoms with Gasteiger partial charge < -0.3 is 14.8 Å². The summed E-state index contributed by atoms with van der Waals surface area (Å²) < 4.78 is 10.3. The topological polar surface area (TPSA) is 60.5 Å². The van der Waals surface area contributed by atoms with Crippen LogP contribution < -0.4 is 5.32 Å². The Morgan fingerprint density at radius 3 is 2.74 bits per heavy atom. The number of aldehydes is 1. The Bertz CT molecular complexity index is 490. The molecule has 0 aliphatic carbocycles. The number of pyridine rings is 1. The number of carbonyl (C=O) groups excluding carboxylic acids is 1. The van der Waals surface area contributed by atoms with Gasteiger partial charge in [0.2, 0.25) is 6.29 Å². The fourth-order valence-electron chi connectivity index (χ4n) is 2.16. The minimum atomic E-state index is -0.987. The second-order valence-corrected chi connectivity index (χ2v) is 4.50. The second-order valence-electron chi connectivity index (χ2n) is 4.50. The normalized spacial score (nSPS) is 16.8. The molecule has 4 radical (unpaired) electrons. The van der Waals surface area contributed by atoms with E-state index in [0.29, 0.717) is 41.9 Å². The van der Waals surface area contributed by atoms with E-state index in [4.69, 9.17) is 25.2 Å². The van der Waals surface area contributed by atoms with Crippen LogP contribution in [0.25, 0.3) is 0 Å². The summed E-state index contributed by atoms with van der Waals surface area (Å²) in [6, 6.07) is 1.64. The van der Waals surface area contributed by atoms with Crippen molar-refractivity contribution < 1.29 is 14.3 Å². The van der Waals surface area contributed by atoms with Crippen LogP contribution in [0.3, 0.4) is 0 Å². The Balaban J connectivity index is 2.56. The fourth-order valence-corrected chi connectivity index (χ4v) is 2.16. The first-order valence-corrected chi connectivity index (χ1v) is 5.91. The number of hydrogen-bond acceptors (Lipinski definition) is 5. The highest BCUT2D eigenvalue weighted by Gasteiger charge is 2.30. The van der Waals surface area contributed by atoms with E-state index >= 15 is 0 Å². The molecule has 1 aliphatic rings. The maximum absolute atomic E-state index is 11.2. The highest BCUT2D eigenvalue weighted by atomic mass is 16.7. The van der Waals surface area contributed by atoms with Crippen LogP contribution in [0, 0.1) is 0 Å². The Morgan fingerprint density at radius 1 is 1.47 bits per heavy atom. The number of hydrogen-bond donors (Lipinski definition) is 1. The summed E-state index contributed by atoms with van der Waals surface area (Å²) in [4.78, 5) is 15.6. The van der Waals surface area contributed by atoms with Gasteiger partial charge in [0.05, 0.1) is 15.7 Å². The van der Waals surface area contributed by atoms with Gasteiger partial charge in [0.1, 0.15) is 11.5 Å². The van der Waals surface area contributed by atoms with E-state index in [9.17, 15) is 4.79 Å². The first kappa shape index (κ1) is 14.1. The third kappa shape index (κ3) is 2.53. The lowest BCUT2D eigenvalue weighted by Crippen LogP contribution is -2.36. The first-order chi connectivity index (χ1) is 9.03. The predicted molar refractivity (Wildman–Crippen MR) is 72.7 cm³/mol. The Hall–Kier alpha value is -1.33. The molecule has 5 nitrogen and oxygen atoms in total. The molecule has 0 unspecified atom stereocenters. The molecule has 2 heterocycles. The molecule has 0 aromatic carbocycles. The van der Waals surface area contributed by atoms with Crippen LogP contribution in [-0.4, -0.2) is 47.7 Å². The van der Waals surface area contributed by atoms with Crippen molar-refractivity contribution in [1.82, 2.24) is 4.98 Å². The zero-order chi connectivity index (χ0) is 14.0. The monoisotopic (exact) mass is 256 g/mol. The smallest absolute Gasteiger partial charge is 0.201 e. The summed E-state index contributed by atoms with van der Waals surface area (Å²) in [5.41, 5.74) is 1.39. The summed E-state index contributed by atoms with van der Waals surface area (Å²) in [6.45, 7) is 0.623. The third-order valence-corrected chi connectivity index (χ3v) is 3.19. The van der Waals surface area contributed by atoms with Crippen molar-refractivity contribution >= 4 is 27.8 Å². The lowest BCUT2D eigenvalue weighted by atomic mass is 9.48. The Morgan fingerprint density at radius 2 is 2.16 bits per heavy atom. The molecular formula is C12H14B2N2O3. The van der Waals surface area contributed by atoms with Crippen LogP contribution in [-0.2, 0) is 14.7 Å². The van der Waals surface area contributed by atoms with Crippen LogP contribution in [0.1, 0.15) is 34.3 Å². The summed E-state index contributed by atoms with van der Waals surface area (Å²) in [6.07, 6.45) is 0.550. The van der Waals surface area contributed by atoms with Crippen molar-refractivity contribution in [3.05, 3.63) is 22.9 Å². The number of nitrogens with one attached hydrogen (secondary N) is 1. The fraction of sp³-hybridized carbons (Fsp3) is 0.500. The van der Waals surface area contributed by atoms with E-state index in [1.807, 2.05) is 0 Å². The highest BCUT2D eigenvalue weighted by Crippen LogP contribution is 2.34. The Kier molecular flexibility index (Phi) is 3.96. The second kappa shape index (κ2) is 5.35. The van der Waals surface area contributed by atoms with Gasteiger partial charge >= 0.3 is 0 Å². The van der Waals surface area contributed by atoms with Crippen molar-refractivity contribution in [3.8, 4) is 0 Å². The number of fused-ring (bicyclic) bond motifs is 1. The van der Waals surface area contributed by atoms with Crippen molar-refractivity contribution in [1.29, 1.82) is 0 Å². The molecule has 0 fully saturated rings. The molecule has 1 N–H and O–H groups in total. The molecule has 0 saturated carbocycles. The molecule has 7 heteroatoms. The van der Waals surface area contributed by atoms with Crippen molar-refractivity contribution in [2.45, 2.75) is 17.9 Å². The zero-order valence-electron chi connectivity index (χ0n) is 11.0. The van der Waals surface area contributed by atoms with Gasteiger partial charge in [0, 0.05) is 26.3 Å². The SMILES string of the molecule is [B]C1([B])CCNc2nc(C(OC)OC)c(C=O)cc21. The number of methoxy groups -OCH3 is 2. The van der Waals surface area contributed by atoms with Crippen LogP contribution in [0.15, 0.2) is 6.07 Å². The number of anilines is 1. The summed E-state index contributed by atoms with van der Waals surface area (Å²) >= 11 is 0. The molecule has 19 heavy (non-hydrogen) atoms. The number of nitrogens with zero attached hydrogens (tertiary/aromatic N) is 1. The minimum absolute atomic E-state index is 0.358. The molecule has 0 atom stereocenters.